The maximum absolute atomic E-state index is 10.1. The number of aryl methyl sites for hydroxylation is 1. The predicted octanol–water partition coefficient (Wildman–Crippen LogP) is 2.57. The van der Waals surface area contributed by atoms with Crippen molar-refractivity contribution < 1.29 is 5.11 Å². The lowest BCUT2D eigenvalue weighted by Gasteiger charge is -2.09. The molecule has 2 rings (SSSR count). The first-order chi connectivity index (χ1) is 7.81. The second-order valence-electron chi connectivity index (χ2n) is 3.73. The minimum atomic E-state index is -0.657. The van der Waals surface area contributed by atoms with Crippen LogP contribution in [0.1, 0.15) is 36.3 Å². The van der Waals surface area contributed by atoms with Gasteiger partial charge in [0.2, 0.25) is 0 Å². The van der Waals surface area contributed by atoms with Crippen LogP contribution in [0.25, 0.3) is 0 Å². The molecule has 0 amide bonds. The van der Waals surface area contributed by atoms with E-state index in [4.69, 9.17) is 0 Å². The Morgan fingerprint density at radius 3 is 3.00 bits per heavy atom. The molecule has 0 spiro atoms. The topological polar surface area (TPSA) is 46.0 Å². The van der Waals surface area contributed by atoms with Crippen molar-refractivity contribution in [2.24, 2.45) is 0 Å². The van der Waals surface area contributed by atoms with Crippen LogP contribution >= 0.6 is 11.5 Å². The zero-order valence-corrected chi connectivity index (χ0v) is 9.94. The third kappa shape index (κ3) is 2.46. The predicted molar refractivity (Wildman–Crippen MR) is 64.4 cm³/mol. The number of hydrogen-bond donors (Lipinski definition) is 1. The van der Waals surface area contributed by atoms with Crippen LogP contribution in [-0.4, -0.2) is 14.7 Å². The number of nitrogens with zero attached hydrogens (tertiary/aromatic N) is 2. The standard InChI is InChI=1S/C12H14N2OS/c1-2-4-9-5-3-6-10(7-9)12(15)11-8-16-14-13-11/h3,5-8,12,15H,2,4H2,1H3. The van der Waals surface area contributed by atoms with E-state index in [1.807, 2.05) is 18.2 Å². The largest absolute Gasteiger partial charge is 0.382 e. The molecule has 0 saturated heterocycles. The maximum atomic E-state index is 10.1. The third-order valence-corrected chi connectivity index (χ3v) is 2.99. The van der Waals surface area contributed by atoms with Gasteiger partial charge in [0.15, 0.2) is 0 Å². The zero-order valence-electron chi connectivity index (χ0n) is 9.13. The first kappa shape index (κ1) is 11.2. The fourth-order valence-electron chi connectivity index (χ4n) is 1.67. The summed E-state index contributed by atoms with van der Waals surface area (Å²) in [5.41, 5.74) is 2.76. The lowest BCUT2D eigenvalue weighted by molar-refractivity contribution is 0.215. The molecule has 1 atom stereocenters. The van der Waals surface area contributed by atoms with Crippen LogP contribution in [0.4, 0.5) is 0 Å². The van der Waals surface area contributed by atoms with Crippen LogP contribution in [0.2, 0.25) is 0 Å². The van der Waals surface area contributed by atoms with Gasteiger partial charge in [-0.1, -0.05) is 42.1 Å². The minimum Gasteiger partial charge on any atom is -0.382 e. The molecular weight excluding hydrogens is 220 g/mol. The molecular formula is C12H14N2OS. The Balaban J connectivity index is 2.23. The summed E-state index contributed by atoms with van der Waals surface area (Å²) in [6.45, 7) is 2.15. The molecule has 0 saturated carbocycles. The highest BCUT2D eigenvalue weighted by Gasteiger charge is 2.13. The number of hydrogen-bond acceptors (Lipinski definition) is 4. The van der Waals surface area contributed by atoms with Crippen LogP contribution in [0, 0.1) is 0 Å². The van der Waals surface area contributed by atoms with E-state index in [0.29, 0.717) is 5.69 Å². The number of rotatable bonds is 4. The van der Waals surface area contributed by atoms with Gasteiger partial charge < -0.3 is 5.11 Å². The molecule has 1 aromatic carbocycles. The SMILES string of the molecule is CCCc1cccc(C(O)c2csnn2)c1. The summed E-state index contributed by atoms with van der Waals surface area (Å²) in [7, 11) is 0. The van der Waals surface area contributed by atoms with Crippen molar-refractivity contribution in [3.63, 3.8) is 0 Å². The molecule has 3 nitrogen and oxygen atoms in total. The minimum absolute atomic E-state index is 0.624. The molecule has 4 heteroatoms. The van der Waals surface area contributed by atoms with Gasteiger partial charge >= 0.3 is 0 Å². The first-order valence-corrected chi connectivity index (χ1v) is 6.18. The van der Waals surface area contributed by atoms with Crippen LogP contribution in [0.5, 0.6) is 0 Å². The Morgan fingerprint density at radius 1 is 1.44 bits per heavy atom. The molecule has 1 N–H and O–H groups in total. The Bertz CT molecular complexity index is 442. The van der Waals surface area contributed by atoms with Crippen LogP contribution in [0.15, 0.2) is 29.6 Å². The highest BCUT2D eigenvalue weighted by Crippen LogP contribution is 2.21. The summed E-state index contributed by atoms with van der Waals surface area (Å²) in [5, 5.41) is 15.7. The Morgan fingerprint density at radius 2 is 2.31 bits per heavy atom. The van der Waals surface area contributed by atoms with Crippen molar-refractivity contribution in [2.45, 2.75) is 25.9 Å². The molecule has 0 bridgehead atoms. The molecule has 0 fully saturated rings. The van der Waals surface area contributed by atoms with E-state index < -0.39 is 6.10 Å². The van der Waals surface area contributed by atoms with Gasteiger partial charge in [0.25, 0.3) is 0 Å². The molecule has 16 heavy (non-hydrogen) atoms. The van der Waals surface area contributed by atoms with Gasteiger partial charge in [-0.25, -0.2) is 0 Å². The smallest absolute Gasteiger partial charge is 0.124 e. The average Bonchev–Trinajstić information content (AvgIpc) is 2.82. The van der Waals surface area contributed by atoms with Gasteiger partial charge in [0.1, 0.15) is 11.8 Å². The van der Waals surface area contributed by atoms with Gasteiger partial charge in [-0.05, 0) is 29.1 Å². The van der Waals surface area contributed by atoms with Crippen molar-refractivity contribution in [3.8, 4) is 0 Å². The second-order valence-corrected chi connectivity index (χ2v) is 4.34. The lowest BCUT2D eigenvalue weighted by atomic mass is 10.0. The van der Waals surface area contributed by atoms with Crippen LogP contribution in [0.3, 0.4) is 0 Å². The van der Waals surface area contributed by atoms with Crippen molar-refractivity contribution in [2.75, 3.05) is 0 Å². The van der Waals surface area contributed by atoms with Gasteiger partial charge in [-0.15, -0.1) is 5.10 Å². The summed E-state index contributed by atoms with van der Waals surface area (Å²) < 4.78 is 3.76. The Hall–Kier alpha value is -1.26. The molecule has 84 valence electrons. The fourth-order valence-corrected chi connectivity index (χ4v) is 2.14. The van der Waals surface area contributed by atoms with Gasteiger partial charge in [0.05, 0.1) is 0 Å². The number of benzene rings is 1. The molecule has 1 aromatic heterocycles. The van der Waals surface area contributed by atoms with E-state index in [-0.39, 0.29) is 0 Å². The molecule has 0 aliphatic rings. The monoisotopic (exact) mass is 234 g/mol. The van der Waals surface area contributed by atoms with Gasteiger partial charge in [0, 0.05) is 5.38 Å². The quantitative estimate of drug-likeness (QED) is 0.884. The summed E-state index contributed by atoms with van der Waals surface area (Å²) in [6.07, 6.45) is 1.49. The number of aromatic nitrogens is 2. The van der Waals surface area contributed by atoms with E-state index in [2.05, 4.69) is 22.6 Å². The van der Waals surface area contributed by atoms with Crippen molar-refractivity contribution in [3.05, 3.63) is 46.5 Å². The first-order valence-electron chi connectivity index (χ1n) is 5.35. The normalized spacial score (nSPS) is 12.6. The van der Waals surface area contributed by atoms with Crippen LogP contribution in [-0.2, 0) is 6.42 Å². The Kier molecular flexibility index (Phi) is 3.64. The van der Waals surface area contributed by atoms with Crippen molar-refractivity contribution in [1.29, 1.82) is 0 Å². The molecule has 1 heterocycles. The molecule has 0 radical (unpaired) electrons. The molecule has 0 aliphatic heterocycles. The van der Waals surface area contributed by atoms with E-state index in [1.54, 1.807) is 5.38 Å². The maximum Gasteiger partial charge on any atom is 0.124 e. The highest BCUT2D eigenvalue weighted by molar-refractivity contribution is 7.03. The zero-order chi connectivity index (χ0) is 11.4. The lowest BCUT2D eigenvalue weighted by Crippen LogP contribution is -2.01. The van der Waals surface area contributed by atoms with E-state index in [1.165, 1.54) is 17.1 Å². The molecule has 1 unspecified atom stereocenters. The van der Waals surface area contributed by atoms with E-state index in [9.17, 15) is 5.11 Å². The summed E-state index contributed by atoms with van der Waals surface area (Å²) in [6, 6.07) is 8.01. The summed E-state index contributed by atoms with van der Waals surface area (Å²) in [4.78, 5) is 0. The van der Waals surface area contributed by atoms with E-state index in [0.717, 1.165) is 18.4 Å². The number of aliphatic hydroxyl groups is 1. The van der Waals surface area contributed by atoms with Gasteiger partial charge in [-0.2, -0.15) is 0 Å². The van der Waals surface area contributed by atoms with E-state index >= 15 is 0 Å². The Labute approximate surface area is 98.9 Å². The van der Waals surface area contributed by atoms with Crippen molar-refractivity contribution in [1.82, 2.24) is 9.59 Å². The highest BCUT2D eigenvalue weighted by atomic mass is 32.1. The summed E-state index contributed by atoms with van der Waals surface area (Å²) in [5.74, 6) is 0. The number of aliphatic hydroxyl groups excluding tert-OH is 1. The van der Waals surface area contributed by atoms with Crippen molar-refractivity contribution >= 4 is 11.5 Å². The third-order valence-electron chi connectivity index (χ3n) is 2.46. The average molecular weight is 234 g/mol. The second kappa shape index (κ2) is 5.18. The molecule has 0 aliphatic carbocycles. The molecule has 2 aromatic rings. The van der Waals surface area contributed by atoms with Gasteiger partial charge in [-0.3, -0.25) is 0 Å². The van der Waals surface area contributed by atoms with Crippen LogP contribution < -0.4 is 0 Å². The fraction of sp³-hybridized carbons (Fsp3) is 0.333. The summed E-state index contributed by atoms with van der Waals surface area (Å²) >= 11 is 1.26.